The highest BCUT2D eigenvalue weighted by Gasteiger charge is 2.30. The maximum Gasteiger partial charge on any atom is 0.319 e. The number of hydrogen-bond donors (Lipinski definition) is 3. The van der Waals surface area contributed by atoms with Crippen LogP contribution in [0.15, 0.2) is 42.5 Å². The van der Waals surface area contributed by atoms with E-state index >= 15 is 0 Å². The van der Waals surface area contributed by atoms with Crippen LogP contribution in [-0.4, -0.2) is 41.9 Å². The van der Waals surface area contributed by atoms with Crippen LogP contribution in [0, 0.1) is 11.6 Å². The molecule has 0 aromatic heterocycles. The van der Waals surface area contributed by atoms with Gasteiger partial charge in [-0.1, -0.05) is 18.2 Å². The van der Waals surface area contributed by atoms with Crippen LogP contribution < -0.4 is 16.0 Å². The molecule has 4 amide bonds. The van der Waals surface area contributed by atoms with Crippen molar-refractivity contribution in [1.82, 2.24) is 15.5 Å². The Hall–Kier alpha value is -3.49. The average molecular weight is 442 g/mol. The van der Waals surface area contributed by atoms with Gasteiger partial charge in [0.05, 0.1) is 0 Å². The summed E-state index contributed by atoms with van der Waals surface area (Å²) >= 11 is 0. The molecule has 2 saturated heterocycles. The summed E-state index contributed by atoms with van der Waals surface area (Å²) in [7, 11) is 0. The van der Waals surface area contributed by atoms with Gasteiger partial charge in [0.1, 0.15) is 17.7 Å². The predicted molar refractivity (Wildman–Crippen MR) is 114 cm³/mol. The Labute approximate surface area is 184 Å². The van der Waals surface area contributed by atoms with E-state index in [0.717, 1.165) is 17.7 Å². The van der Waals surface area contributed by atoms with Crippen LogP contribution in [0.3, 0.4) is 0 Å². The molecule has 2 aliphatic heterocycles. The lowest BCUT2D eigenvalue weighted by molar-refractivity contribution is -0.136. The predicted octanol–water partition coefficient (Wildman–Crippen LogP) is 2.88. The van der Waals surface area contributed by atoms with E-state index < -0.39 is 23.7 Å². The number of halogens is 2. The quantitative estimate of drug-likeness (QED) is 0.665. The number of carbonyl (C=O) groups excluding carboxylic acids is 3. The summed E-state index contributed by atoms with van der Waals surface area (Å²) in [6.45, 7) is 1.02. The fourth-order valence-corrected chi connectivity index (χ4v) is 4.12. The third kappa shape index (κ3) is 5.04. The molecule has 2 aromatic rings. The number of likely N-dealkylation sites (tertiary alicyclic amines) is 1. The minimum Gasteiger partial charge on any atom is -0.355 e. The summed E-state index contributed by atoms with van der Waals surface area (Å²) < 4.78 is 27.1. The fourth-order valence-electron chi connectivity index (χ4n) is 4.12. The van der Waals surface area contributed by atoms with Crippen molar-refractivity contribution < 1.29 is 23.2 Å². The maximum atomic E-state index is 14.0. The molecule has 168 valence electrons. The van der Waals surface area contributed by atoms with Gasteiger partial charge in [0.2, 0.25) is 11.8 Å². The highest BCUT2D eigenvalue weighted by Crippen LogP contribution is 2.25. The Morgan fingerprint density at radius 1 is 1.16 bits per heavy atom. The summed E-state index contributed by atoms with van der Waals surface area (Å²) in [5.41, 5.74) is 1.73. The van der Waals surface area contributed by atoms with Crippen molar-refractivity contribution in [2.75, 3.05) is 18.4 Å². The molecule has 0 aliphatic carbocycles. The van der Waals surface area contributed by atoms with Crippen molar-refractivity contribution in [3.05, 3.63) is 65.2 Å². The van der Waals surface area contributed by atoms with Gasteiger partial charge < -0.3 is 20.9 Å². The molecule has 7 nitrogen and oxygen atoms in total. The second kappa shape index (κ2) is 9.33. The minimum absolute atomic E-state index is 0.00647. The summed E-state index contributed by atoms with van der Waals surface area (Å²) in [5.74, 6) is -1.61. The molecule has 2 heterocycles. The number of carbonyl (C=O) groups is 3. The minimum atomic E-state index is -0.730. The normalized spacial score (nSPS) is 20.8. The molecular weight excluding hydrogens is 418 g/mol. The van der Waals surface area contributed by atoms with Gasteiger partial charge in [-0.3, -0.25) is 9.59 Å². The summed E-state index contributed by atoms with van der Waals surface area (Å²) in [5, 5.41) is 8.22. The van der Waals surface area contributed by atoms with E-state index in [-0.39, 0.29) is 29.8 Å². The number of urea groups is 1. The molecule has 0 bridgehead atoms. The summed E-state index contributed by atoms with van der Waals surface area (Å²) in [4.78, 5) is 38.2. The van der Waals surface area contributed by atoms with Crippen molar-refractivity contribution in [1.29, 1.82) is 0 Å². The van der Waals surface area contributed by atoms with Gasteiger partial charge in [-0.15, -0.1) is 0 Å². The van der Waals surface area contributed by atoms with Gasteiger partial charge >= 0.3 is 6.03 Å². The molecule has 2 fully saturated rings. The first kappa shape index (κ1) is 21.7. The number of nitrogens with one attached hydrogen (secondary N) is 3. The molecule has 0 saturated carbocycles. The lowest BCUT2D eigenvalue weighted by atomic mass is 9.98. The number of anilines is 1. The van der Waals surface area contributed by atoms with Gasteiger partial charge in [0.25, 0.3) is 0 Å². The molecule has 0 spiro atoms. The van der Waals surface area contributed by atoms with E-state index in [0.29, 0.717) is 38.0 Å². The van der Waals surface area contributed by atoms with Gasteiger partial charge in [-0.25, -0.2) is 13.6 Å². The molecule has 32 heavy (non-hydrogen) atoms. The van der Waals surface area contributed by atoms with E-state index in [1.165, 1.54) is 11.0 Å². The number of rotatable bonds is 5. The molecule has 2 aliphatic rings. The summed E-state index contributed by atoms with van der Waals surface area (Å²) in [6, 6.07) is 9.28. The number of benzene rings is 2. The smallest absolute Gasteiger partial charge is 0.319 e. The van der Waals surface area contributed by atoms with Gasteiger partial charge in [-0.2, -0.15) is 0 Å². The largest absolute Gasteiger partial charge is 0.355 e. The second-order valence-corrected chi connectivity index (χ2v) is 8.12. The Kier molecular flexibility index (Phi) is 6.34. The number of amides is 4. The average Bonchev–Trinajstić information content (AvgIpc) is 3.19. The highest BCUT2D eigenvalue weighted by atomic mass is 19.1. The number of piperidine rings is 1. The molecule has 2 atom stereocenters. The molecule has 4 rings (SSSR count). The van der Waals surface area contributed by atoms with Gasteiger partial charge in [-0.05, 0) is 36.6 Å². The lowest BCUT2D eigenvalue weighted by Crippen LogP contribution is -2.52. The van der Waals surface area contributed by atoms with Crippen molar-refractivity contribution in [2.24, 2.45) is 0 Å². The van der Waals surface area contributed by atoms with Crippen LogP contribution in [-0.2, 0) is 16.1 Å². The SMILES string of the molecule is O=C1CC(c2cccc(NC(=O)NC3CCCN(Cc4ccc(F)cc4F)C3=O)c2)CN1. The zero-order chi connectivity index (χ0) is 22.7. The van der Waals surface area contributed by atoms with E-state index in [9.17, 15) is 23.2 Å². The van der Waals surface area contributed by atoms with Gasteiger partial charge in [0, 0.05) is 49.3 Å². The second-order valence-electron chi connectivity index (χ2n) is 8.12. The monoisotopic (exact) mass is 442 g/mol. The number of nitrogens with zero attached hydrogens (tertiary/aromatic N) is 1. The van der Waals surface area contributed by atoms with E-state index in [2.05, 4.69) is 16.0 Å². The third-order valence-corrected chi connectivity index (χ3v) is 5.81. The maximum absolute atomic E-state index is 14.0. The Bertz CT molecular complexity index is 1050. The van der Waals surface area contributed by atoms with E-state index in [1.807, 2.05) is 12.1 Å². The molecule has 2 unspecified atom stereocenters. The van der Waals surface area contributed by atoms with Crippen molar-refractivity contribution in [3.8, 4) is 0 Å². The lowest BCUT2D eigenvalue weighted by Gasteiger charge is -2.32. The van der Waals surface area contributed by atoms with Crippen LogP contribution in [0.5, 0.6) is 0 Å². The summed E-state index contributed by atoms with van der Waals surface area (Å²) in [6.07, 6.45) is 1.54. The Morgan fingerprint density at radius 2 is 2.00 bits per heavy atom. The first-order valence-electron chi connectivity index (χ1n) is 10.6. The van der Waals surface area contributed by atoms with Crippen molar-refractivity contribution in [2.45, 2.75) is 37.8 Å². The number of hydrogen-bond acceptors (Lipinski definition) is 3. The van der Waals surface area contributed by atoms with Gasteiger partial charge in [0.15, 0.2) is 0 Å². The van der Waals surface area contributed by atoms with Crippen LogP contribution >= 0.6 is 0 Å². The standard InChI is InChI=1S/C23H24F2N4O3/c24-17-7-6-15(19(25)11-17)13-29-8-2-5-20(22(29)31)28-23(32)27-18-4-1-3-14(9-18)16-10-21(30)26-12-16/h1,3-4,6-7,9,11,16,20H,2,5,8,10,12-13H2,(H,26,30)(H2,27,28,32). The van der Waals surface area contributed by atoms with Crippen molar-refractivity contribution >= 4 is 23.5 Å². The topological polar surface area (TPSA) is 90.5 Å². The van der Waals surface area contributed by atoms with E-state index in [1.54, 1.807) is 12.1 Å². The molecule has 2 aromatic carbocycles. The molecule has 3 N–H and O–H groups in total. The first-order chi connectivity index (χ1) is 15.4. The van der Waals surface area contributed by atoms with Crippen molar-refractivity contribution in [3.63, 3.8) is 0 Å². The van der Waals surface area contributed by atoms with E-state index in [4.69, 9.17) is 0 Å². The van der Waals surface area contributed by atoms with Crippen LogP contribution in [0.2, 0.25) is 0 Å². The molecule has 0 radical (unpaired) electrons. The molecular formula is C23H24F2N4O3. The Balaban J connectivity index is 1.35. The van der Waals surface area contributed by atoms with Crippen LogP contribution in [0.4, 0.5) is 19.3 Å². The highest BCUT2D eigenvalue weighted by molar-refractivity contribution is 5.94. The van der Waals surface area contributed by atoms with Crippen LogP contribution in [0.25, 0.3) is 0 Å². The molecule has 9 heteroatoms. The van der Waals surface area contributed by atoms with Crippen LogP contribution in [0.1, 0.15) is 36.3 Å². The zero-order valence-electron chi connectivity index (χ0n) is 17.4. The fraction of sp³-hybridized carbons (Fsp3) is 0.348. The zero-order valence-corrected chi connectivity index (χ0v) is 17.4. The first-order valence-corrected chi connectivity index (χ1v) is 10.6. The Morgan fingerprint density at radius 3 is 2.75 bits per heavy atom. The third-order valence-electron chi connectivity index (χ3n) is 5.81.